The first-order chi connectivity index (χ1) is 11.1. The lowest BCUT2D eigenvalue weighted by Crippen LogP contribution is -2.11. The molecular weight excluding hydrogens is 378 g/mol. The fourth-order valence-corrected chi connectivity index (χ4v) is 2.73. The maximum atomic E-state index is 10.7. The Morgan fingerprint density at radius 1 is 0.708 bits per heavy atom. The number of carbonyl (C=O) groups is 2. The molecule has 0 aliphatic heterocycles. The first-order valence-corrected chi connectivity index (χ1v) is 10.0. The lowest BCUT2D eigenvalue weighted by Gasteiger charge is -1.96. The van der Waals surface area contributed by atoms with Crippen LogP contribution in [0.4, 0.5) is 0 Å². The molecule has 2 aromatic carbocycles. The van der Waals surface area contributed by atoms with Crippen LogP contribution in [-0.4, -0.2) is 29.4 Å². The highest BCUT2D eigenvalue weighted by Gasteiger charge is 2.08. The fraction of sp³-hybridized carbons (Fsp3) is 0. The quantitative estimate of drug-likeness (QED) is 0.624. The van der Waals surface area contributed by atoms with Crippen LogP contribution in [0.5, 0.6) is 0 Å². The van der Waals surface area contributed by atoms with Gasteiger partial charge in [-0.2, -0.15) is 0 Å². The van der Waals surface area contributed by atoms with Crippen molar-refractivity contribution in [1.82, 2.24) is 0 Å². The Kier molecular flexibility index (Phi) is 6.79. The lowest BCUT2D eigenvalue weighted by molar-refractivity contribution is 0.111. The van der Waals surface area contributed by atoms with Gasteiger partial charge in [-0.3, -0.25) is 9.59 Å². The summed E-state index contributed by atoms with van der Waals surface area (Å²) >= 11 is 0. The molecule has 2 N–H and O–H groups in total. The van der Waals surface area contributed by atoms with Crippen molar-refractivity contribution in [3.63, 3.8) is 0 Å². The SMILES string of the molecule is NS(=O)(=O)c1ccc(C=O)cc1.O=Cc1ccc(S(=O)(=O)Cl)cc1. The smallest absolute Gasteiger partial charge is 0.261 e. The van der Waals surface area contributed by atoms with E-state index >= 15 is 0 Å². The van der Waals surface area contributed by atoms with Gasteiger partial charge in [0.15, 0.2) is 0 Å². The Labute approximate surface area is 143 Å². The van der Waals surface area contributed by atoms with Crippen molar-refractivity contribution in [3.8, 4) is 0 Å². The third kappa shape index (κ3) is 6.20. The zero-order valence-corrected chi connectivity index (χ0v) is 14.4. The molecule has 128 valence electrons. The van der Waals surface area contributed by atoms with Crippen molar-refractivity contribution in [2.75, 3.05) is 0 Å². The normalized spacial score (nSPS) is 11.1. The molecule has 0 aliphatic carbocycles. The Balaban J connectivity index is 0.000000240. The van der Waals surface area contributed by atoms with E-state index in [0.29, 0.717) is 23.7 Å². The van der Waals surface area contributed by atoms with E-state index in [-0.39, 0.29) is 9.79 Å². The number of hydrogen-bond donors (Lipinski definition) is 1. The number of hydrogen-bond acceptors (Lipinski definition) is 6. The number of benzene rings is 2. The molecule has 0 unspecified atom stereocenters. The molecule has 0 saturated carbocycles. The van der Waals surface area contributed by atoms with Crippen LogP contribution in [0.3, 0.4) is 0 Å². The molecule has 2 rings (SSSR count). The van der Waals surface area contributed by atoms with Gasteiger partial charge in [0.05, 0.1) is 9.79 Å². The lowest BCUT2D eigenvalue weighted by atomic mass is 10.2. The standard InChI is InChI=1S/C7H5ClO3S.C7H7NO3S/c2*8-12(10,11)7-3-1-6(5-9)2-4-7/h1-5H;1-5H,(H2,8,10,11). The highest BCUT2D eigenvalue weighted by atomic mass is 35.7. The van der Waals surface area contributed by atoms with Gasteiger partial charge in [-0.1, -0.05) is 24.3 Å². The first-order valence-electron chi connectivity index (χ1n) is 6.16. The van der Waals surface area contributed by atoms with Crippen LogP contribution in [0, 0.1) is 0 Å². The van der Waals surface area contributed by atoms with E-state index in [1.54, 1.807) is 0 Å². The van der Waals surface area contributed by atoms with Gasteiger partial charge in [0, 0.05) is 21.8 Å². The molecule has 7 nitrogen and oxygen atoms in total. The summed E-state index contributed by atoms with van der Waals surface area (Å²) in [6.07, 6.45) is 1.26. The maximum Gasteiger partial charge on any atom is 0.261 e. The van der Waals surface area contributed by atoms with Crippen LogP contribution in [0.15, 0.2) is 58.3 Å². The highest BCUT2D eigenvalue weighted by molar-refractivity contribution is 8.13. The largest absolute Gasteiger partial charge is 0.298 e. The fourth-order valence-electron chi connectivity index (χ4n) is 1.45. The van der Waals surface area contributed by atoms with Crippen LogP contribution in [-0.2, 0) is 19.1 Å². The van der Waals surface area contributed by atoms with Gasteiger partial charge in [0.2, 0.25) is 10.0 Å². The van der Waals surface area contributed by atoms with Gasteiger partial charge in [-0.05, 0) is 24.3 Å². The Hall–Kier alpha value is -2.07. The van der Waals surface area contributed by atoms with Gasteiger partial charge in [0.1, 0.15) is 12.6 Å². The second-order valence-electron chi connectivity index (χ2n) is 4.36. The molecule has 0 spiro atoms. The molecule has 0 aromatic heterocycles. The summed E-state index contributed by atoms with van der Waals surface area (Å²) in [5, 5.41) is 4.83. The molecule has 0 radical (unpaired) electrons. The van der Waals surface area contributed by atoms with Crippen molar-refractivity contribution in [2.24, 2.45) is 5.14 Å². The summed E-state index contributed by atoms with van der Waals surface area (Å²) < 4.78 is 42.9. The van der Waals surface area contributed by atoms with E-state index in [0.717, 1.165) is 0 Å². The van der Waals surface area contributed by atoms with E-state index in [1.165, 1.54) is 48.5 Å². The van der Waals surface area contributed by atoms with Crippen LogP contribution >= 0.6 is 10.7 Å². The minimum absolute atomic E-state index is 0.00485. The number of rotatable bonds is 4. The number of nitrogens with two attached hydrogens (primary N) is 1. The zero-order chi connectivity index (χ0) is 18.4. The van der Waals surface area contributed by atoms with Crippen molar-refractivity contribution < 1.29 is 26.4 Å². The number of aldehydes is 2. The van der Waals surface area contributed by atoms with Crippen molar-refractivity contribution in [1.29, 1.82) is 0 Å². The van der Waals surface area contributed by atoms with Crippen LogP contribution in [0.1, 0.15) is 20.7 Å². The van der Waals surface area contributed by atoms with Crippen molar-refractivity contribution >= 4 is 42.3 Å². The van der Waals surface area contributed by atoms with Crippen LogP contribution < -0.4 is 5.14 Å². The zero-order valence-electron chi connectivity index (χ0n) is 12.0. The molecule has 0 aliphatic rings. The Morgan fingerprint density at radius 2 is 1.04 bits per heavy atom. The second-order valence-corrected chi connectivity index (χ2v) is 8.48. The predicted molar refractivity (Wildman–Crippen MR) is 88.1 cm³/mol. The van der Waals surface area contributed by atoms with E-state index in [1.807, 2.05) is 0 Å². The Morgan fingerprint density at radius 3 is 1.29 bits per heavy atom. The molecular formula is C14H12ClNO6S2. The summed E-state index contributed by atoms with van der Waals surface area (Å²) in [6.45, 7) is 0. The molecule has 0 amide bonds. The highest BCUT2D eigenvalue weighted by Crippen LogP contribution is 2.14. The first kappa shape index (κ1) is 20.0. The van der Waals surface area contributed by atoms with E-state index in [9.17, 15) is 26.4 Å². The van der Waals surface area contributed by atoms with E-state index in [4.69, 9.17) is 15.8 Å². The summed E-state index contributed by atoms with van der Waals surface area (Å²) in [6, 6.07) is 10.7. The molecule has 10 heteroatoms. The van der Waals surface area contributed by atoms with Crippen molar-refractivity contribution in [2.45, 2.75) is 9.79 Å². The van der Waals surface area contributed by atoms with Gasteiger partial charge in [-0.15, -0.1) is 0 Å². The summed E-state index contributed by atoms with van der Waals surface area (Å²) in [7, 11) is -2.28. The van der Waals surface area contributed by atoms with Gasteiger partial charge < -0.3 is 0 Å². The van der Waals surface area contributed by atoms with Crippen molar-refractivity contribution in [3.05, 3.63) is 59.7 Å². The minimum Gasteiger partial charge on any atom is -0.298 e. The summed E-state index contributed by atoms with van der Waals surface area (Å²) in [5.74, 6) is 0. The molecule has 0 atom stereocenters. The third-order valence-electron chi connectivity index (χ3n) is 2.64. The molecule has 0 bridgehead atoms. The number of halogens is 1. The van der Waals surface area contributed by atoms with E-state index in [2.05, 4.69) is 0 Å². The van der Waals surface area contributed by atoms with Crippen LogP contribution in [0.2, 0.25) is 0 Å². The average molecular weight is 390 g/mol. The maximum absolute atomic E-state index is 10.7. The van der Waals surface area contributed by atoms with Gasteiger partial charge in [0.25, 0.3) is 9.05 Å². The monoisotopic (exact) mass is 389 g/mol. The molecule has 2 aromatic rings. The van der Waals surface area contributed by atoms with E-state index < -0.39 is 19.1 Å². The van der Waals surface area contributed by atoms with Gasteiger partial charge in [-0.25, -0.2) is 22.0 Å². The topological polar surface area (TPSA) is 128 Å². The number of carbonyl (C=O) groups excluding carboxylic acids is 2. The summed E-state index contributed by atoms with van der Waals surface area (Å²) in [4.78, 5) is 20.4. The molecule has 24 heavy (non-hydrogen) atoms. The number of sulfonamides is 1. The van der Waals surface area contributed by atoms with Gasteiger partial charge >= 0.3 is 0 Å². The molecule has 0 saturated heterocycles. The minimum atomic E-state index is -3.67. The average Bonchev–Trinajstić information content (AvgIpc) is 2.54. The Bertz CT molecular complexity index is 841. The molecule has 0 fully saturated rings. The van der Waals surface area contributed by atoms with Crippen LogP contribution in [0.25, 0.3) is 0 Å². The number of primary sulfonamides is 1. The molecule has 0 heterocycles. The third-order valence-corrected chi connectivity index (χ3v) is 4.94. The predicted octanol–water partition coefficient (Wildman–Crippen LogP) is 1.57. The summed E-state index contributed by atoms with van der Waals surface area (Å²) in [5.41, 5.74) is 0.835. The second kappa shape index (κ2) is 8.15.